The lowest BCUT2D eigenvalue weighted by atomic mass is 9.96. The molecule has 1 aliphatic carbocycles. The van der Waals surface area contributed by atoms with Crippen molar-refractivity contribution in [3.63, 3.8) is 0 Å². The molecule has 1 saturated heterocycles. The summed E-state index contributed by atoms with van der Waals surface area (Å²) in [6, 6.07) is 0. The first kappa shape index (κ1) is 20.1. The Morgan fingerprint density at radius 3 is 2.15 bits per heavy atom. The maximum absolute atomic E-state index is 9.22. The molecular formula is C14H32IN3O2. The van der Waals surface area contributed by atoms with E-state index in [9.17, 15) is 4.79 Å². The van der Waals surface area contributed by atoms with Gasteiger partial charge in [0.1, 0.15) is 0 Å². The van der Waals surface area contributed by atoms with Crippen LogP contribution in [0.4, 0.5) is 0 Å². The predicted molar refractivity (Wildman–Crippen MR) is 94.5 cm³/mol. The molecule has 2 rings (SSSR count). The average molecular weight is 401 g/mol. The molecule has 122 valence electrons. The van der Waals surface area contributed by atoms with E-state index in [2.05, 4.69) is 22.5 Å². The maximum Gasteiger partial charge on any atom is 0.214 e. The molecule has 0 spiro atoms. The van der Waals surface area contributed by atoms with E-state index in [0.29, 0.717) is 6.10 Å². The summed E-state index contributed by atoms with van der Waals surface area (Å²) >= 11 is 0. The van der Waals surface area contributed by atoms with Gasteiger partial charge in [-0.1, -0.05) is 6.92 Å². The fraction of sp³-hybridized carbons (Fsp3) is 0.929. The zero-order chi connectivity index (χ0) is 14.1. The van der Waals surface area contributed by atoms with Gasteiger partial charge in [-0.3, -0.25) is 9.69 Å². The van der Waals surface area contributed by atoms with Crippen LogP contribution in [0.1, 0.15) is 34.5 Å². The number of ether oxygens (including phenoxy) is 1. The van der Waals surface area contributed by atoms with Crippen LogP contribution >= 0.6 is 24.0 Å². The molecule has 5 nitrogen and oxygen atoms in total. The quantitative estimate of drug-likeness (QED) is 0.711. The Morgan fingerprint density at radius 1 is 1.25 bits per heavy atom. The van der Waals surface area contributed by atoms with E-state index >= 15 is 0 Å². The molecule has 1 saturated carbocycles. The highest BCUT2D eigenvalue weighted by molar-refractivity contribution is 14.0. The largest absolute Gasteiger partial charge is 0.377 e. The van der Waals surface area contributed by atoms with E-state index in [1.54, 1.807) is 0 Å². The first-order valence-electron chi connectivity index (χ1n) is 7.44. The maximum atomic E-state index is 9.22. The van der Waals surface area contributed by atoms with Crippen LogP contribution < -0.4 is 5.73 Å². The van der Waals surface area contributed by atoms with Crippen LogP contribution in [0.5, 0.6) is 0 Å². The first-order valence-corrected chi connectivity index (χ1v) is 7.44. The molecule has 0 bridgehead atoms. The van der Waals surface area contributed by atoms with Gasteiger partial charge in [0.05, 0.1) is 12.7 Å². The second-order valence-corrected chi connectivity index (χ2v) is 5.31. The second-order valence-electron chi connectivity index (χ2n) is 5.31. The molecule has 0 unspecified atom stereocenters. The van der Waals surface area contributed by atoms with Crippen molar-refractivity contribution in [2.24, 2.45) is 5.73 Å². The summed E-state index contributed by atoms with van der Waals surface area (Å²) in [5.74, 6) is -0.333. The zero-order valence-electron chi connectivity index (χ0n) is 12.8. The van der Waals surface area contributed by atoms with Crippen molar-refractivity contribution >= 4 is 29.9 Å². The highest BCUT2D eigenvalue weighted by Crippen LogP contribution is 2.21. The summed E-state index contributed by atoms with van der Waals surface area (Å²) in [5.41, 5.74) is 4.47. The first-order chi connectivity index (χ1) is 9.11. The van der Waals surface area contributed by atoms with Gasteiger partial charge in [-0.2, -0.15) is 0 Å². The molecule has 2 N–H and O–H groups in total. The van der Waals surface area contributed by atoms with Crippen LogP contribution in [0.2, 0.25) is 0 Å². The lowest BCUT2D eigenvalue weighted by Crippen LogP contribution is -2.47. The Hall–Kier alpha value is 0.0800. The van der Waals surface area contributed by atoms with Crippen molar-refractivity contribution in [1.29, 1.82) is 0 Å². The van der Waals surface area contributed by atoms with Gasteiger partial charge in [-0.25, -0.2) is 0 Å². The third-order valence-electron chi connectivity index (χ3n) is 3.73. The number of rotatable bonds is 5. The number of nitrogens with two attached hydrogens (primary N) is 1. The molecule has 0 aromatic rings. The minimum Gasteiger partial charge on any atom is -0.377 e. The highest BCUT2D eigenvalue weighted by Gasteiger charge is 2.19. The lowest BCUT2D eigenvalue weighted by Gasteiger charge is -2.34. The van der Waals surface area contributed by atoms with Crippen molar-refractivity contribution in [2.45, 2.75) is 39.2 Å². The van der Waals surface area contributed by atoms with Gasteiger partial charge >= 0.3 is 0 Å². The molecule has 2 fully saturated rings. The second kappa shape index (κ2) is 11.7. The Balaban J connectivity index is 0. The smallest absolute Gasteiger partial charge is 0.214 e. The summed E-state index contributed by atoms with van der Waals surface area (Å²) in [4.78, 5) is 14.3. The van der Waals surface area contributed by atoms with Crippen molar-refractivity contribution in [1.82, 2.24) is 9.80 Å². The van der Waals surface area contributed by atoms with Crippen LogP contribution in [0, 0.1) is 0 Å². The number of carbonyl (C=O) groups excluding carboxylic acids is 1. The van der Waals surface area contributed by atoms with Gasteiger partial charge in [-0.15, -0.1) is 24.0 Å². The van der Waals surface area contributed by atoms with Crippen LogP contribution in [0.15, 0.2) is 0 Å². The van der Waals surface area contributed by atoms with E-state index < -0.39 is 0 Å². The van der Waals surface area contributed by atoms with Crippen LogP contribution in [0.3, 0.4) is 0 Å². The standard InChI is InChI=1S/C12H24N2O.C2H5NO.HI.H2/c1-2-13-6-8-14(9-7-13)10-11-15-12-4-3-5-12;1-2(3)4;;/h12H,2-11H2,1H3;1H3,(H2,3,4);2*1H. The Morgan fingerprint density at radius 2 is 1.75 bits per heavy atom. The molecule has 1 heterocycles. The fourth-order valence-corrected chi connectivity index (χ4v) is 2.22. The topological polar surface area (TPSA) is 58.8 Å². The van der Waals surface area contributed by atoms with E-state index in [1.165, 1.54) is 58.9 Å². The Kier molecular flexibility index (Phi) is 11.8. The van der Waals surface area contributed by atoms with Gasteiger partial charge in [0.15, 0.2) is 0 Å². The van der Waals surface area contributed by atoms with Crippen molar-refractivity contribution in [2.75, 3.05) is 45.9 Å². The molecule has 0 aromatic heterocycles. The minimum absolute atomic E-state index is 0. The van der Waals surface area contributed by atoms with Crippen molar-refractivity contribution < 1.29 is 11.0 Å². The summed E-state index contributed by atoms with van der Waals surface area (Å²) in [6.45, 7) is 11.7. The normalized spacial score (nSPS) is 20.3. The molecule has 0 radical (unpaired) electrons. The Bertz CT molecular complexity index is 257. The van der Waals surface area contributed by atoms with Gasteiger partial charge in [0.2, 0.25) is 5.91 Å². The monoisotopic (exact) mass is 401 g/mol. The van der Waals surface area contributed by atoms with Gasteiger partial charge < -0.3 is 15.4 Å². The van der Waals surface area contributed by atoms with E-state index in [1.807, 2.05) is 0 Å². The number of amides is 1. The van der Waals surface area contributed by atoms with Crippen molar-refractivity contribution in [3.05, 3.63) is 0 Å². The van der Waals surface area contributed by atoms with Crippen LogP contribution in [0.25, 0.3) is 0 Å². The fourth-order valence-electron chi connectivity index (χ4n) is 2.22. The molecule has 1 aliphatic heterocycles. The molecule has 0 atom stereocenters. The van der Waals surface area contributed by atoms with Crippen molar-refractivity contribution in [3.8, 4) is 0 Å². The molecule has 2 aliphatic rings. The number of nitrogens with zero attached hydrogens (tertiary/aromatic N) is 2. The molecule has 6 heteroatoms. The Labute approximate surface area is 141 Å². The minimum atomic E-state index is -0.333. The lowest BCUT2D eigenvalue weighted by molar-refractivity contribution is -0.115. The number of hydrogen-bond acceptors (Lipinski definition) is 4. The summed E-state index contributed by atoms with van der Waals surface area (Å²) in [5, 5.41) is 0. The van der Waals surface area contributed by atoms with Gasteiger partial charge in [0.25, 0.3) is 0 Å². The molecular weight excluding hydrogens is 369 g/mol. The molecule has 1 amide bonds. The van der Waals surface area contributed by atoms with E-state index in [4.69, 9.17) is 4.74 Å². The number of halogens is 1. The highest BCUT2D eigenvalue weighted by atomic mass is 127. The van der Waals surface area contributed by atoms with Crippen LogP contribution in [-0.2, 0) is 9.53 Å². The summed E-state index contributed by atoms with van der Waals surface area (Å²) in [7, 11) is 0. The summed E-state index contributed by atoms with van der Waals surface area (Å²) < 4.78 is 5.78. The third-order valence-corrected chi connectivity index (χ3v) is 3.73. The van der Waals surface area contributed by atoms with Gasteiger partial charge in [0, 0.05) is 41.1 Å². The number of hydrogen-bond donors (Lipinski definition) is 1. The zero-order valence-corrected chi connectivity index (χ0v) is 15.2. The number of piperazine rings is 1. The van der Waals surface area contributed by atoms with E-state index in [0.717, 1.165) is 13.2 Å². The van der Waals surface area contributed by atoms with E-state index in [-0.39, 0.29) is 31.3 Å². The number of carbonyl (C=O) groups is 1. The molecule has 20 heavy (non-hydrogen) atoms. The third kappa shape index (κ3) is 9.10. The SMILES string of the molecule is CC(N)=O.CCN1CCN(CCOC2CCC2)CC1.I.[HH]. The van der Waals surface area contributed by atoms with Gasteiger partial charge in [-0.05, 0) is 25.8 Å². The number of likely N-dealkylation sites (N-methyl/N-ethyl adjacent to an activating group) is 1. The predicted octanol–water partition coefficient (Wildman–Crippen LogP) is 1.55. The van der Waals surface area contributed by atoms with Crippen LogP contribution in [-0.4, -0.2) is 67.7 Å². The average Bonchev–Trinajstić information content (AvgIpc) is 2.32. The molecule has 0 aromatic carbocycles. The summed E-state index contributed by atoms with van der Waals surface area (Å²) in [6.07, 6.45) is 4.56. The number of primary amides is 1.